The summed E-state index contributed by atoms with van der Waals surface area (Å²) >= 11 is 1.68. The Bertz CT molecular complexity index is 363. The van der Waals surface area contributed by atoms with Crippen LogP contribution in [0.15, 0.2) is 5.38 Å². The molecule has 0 saturated carbocycles. The van der Waals surface area contributed by atoms with Crippen molar-refractivity contribution < 1.29 is 14.2 Å². The number of nitrogens with one attached hydrogen (secondary N) is 1. The van der Waals surface area contributed by atoms with Crippen molar-refractivity contribution in [1.29, 1.82) is 0 Å². The first kappa shape index (κ1) is 18.3. The molecule has 0 spiro atoms. The van der Waals surface area contributed by atoms with Gasteiger partial charge < -0.3 is 24.4 Å². The van der Waals surface area contributed by atoms with Gasteiger partial charge in [-0.2, -0.15) is 0 Å². The molecule has 0 atom stereocenters. The van der Waals surface area contributed by atoms with E-state index in [1.165, 1.54) is 0 Å². The molecule has 1 rings (SSSR count). The maximum Gasteiger partial charge on any atom is 0.185 e. The quantitative estimate of drug-likeness (QED) is 0.555. The van der Waals surface area contributed by atoms with Crippen LogP contribution in [0.4, 0.5) is 5.13 Å². The summed E-state index contributed by atoms with van der Waals surface area (Å²) in [6.45, 7) is 5.58. The molecule has 122 valence electrons. The fourth-order valence-corrected chi connectivity index (χ4v) is 2.70. The molecule has 1 aromatic rings. The average molecular weight is 317 g/mol. The number of nitrogens with zero attached hydrogens (tertiary/aromatic N) is 2. The van der Waals surface area contributed by atoms with Crippen LogP contribution in [0.2, 0.25) is 0 Å². The molecule has 7 heteroatoms. The lowest BCUT2D eigenvalue weighted by molar-refractivity contribution is 0.191. The summed E-state index contributed by atoms with van der Waals surface area (Å²) in [7, 11) is 5.16. The molecule has 1 N–H and O–H groups in total. The Morgan fingerprint density at radius 1 is 1.10 bits per heavy atom. The van der Waals surface area contributed by atoms with Gasteiger partial charge in [0.05, 0.1) is 18.9 Å². The van der Waals surface area contributed by atoms with E-state index in [1.807, 2.05) is 0 Å². The largest absolute Gasteiger partial charge is 0.385 e. The summed E-state index contributed by atoms with van der Waals surface area (Å²) < 4.78 is 15.3. The van der Waals surface area contributed by atoms with Crippen molar-refractivity contribution >= 4 is 16.5 Å². The number of methoxy groups -OCH3 is 3. The third kappa shape index (κ3) is 7.73. The first-order valence-corrected chi connectivity index (χ1v) is 8.06. The summed E-state index contributed by atoms with van der Waals surface area (Å²) in [6, 6.07) is 0. The van der Waals surface area contributed by atoms with E-state index in [4.69, 9.17) is 14.2 Å². The van der Waals surface area contributed by atoms with Gasteiger partial charge in [0.1, 0.15) is 0 Å². The summed E-state index contributed by atoms with van der Waals surface area (Å²) in [5.74, 6) is 0. The van der Waals surface area contributed by atoms with Crippen LogP contribution in [0.5, 0.6) is 0 Å². The van der Waals surface area contributed by atoms with Gasteiger partial charge in [-0.1, -0.05) is 0 Å². The van der Waals surface area contributed by atoms with Crippen LogP contribution < -0.4 is 10.2 Å². The minimum atomic E-state index is 0.702. The van der Waals surface area contributed by atoms with E-state index in [0.717, 1.165) is 50.0 Å². The second-order valence-corrected chi connectivity index (χ2v) is 5.45. The van der Waals surface area contributed by atoms with E-state index >= 15 is 0 Å². The zero-order valence-corrected chi connectivity index (χ0v) is 14.1. The van der Waals surface area contributed by atoms with Crippen LogP contribution in [0.3, 0.4) is 0 Å². The summed E-state index contributed by atoms with van der Waals surface area (Å²) in [5.41, 5.74) is 1.07. The molecule has 0 radical (unpaired) electrons. The van der Waals surface area contributed by atoms with Crippen molar-refractivity contribution in [2.75, 3.05) is 65.7 Å². The Labute approximate surface area is 131 Å². The normalized spacial score (nSPS) is 11.0. The third-order valence-electron chi connectivity index (χ3n) is 2.94. The molecule has 0 saturated heterocycles. The summed E-state index contributed by atoms with van der Waals surface area (Å²) in [5, 5.41) is 6.46. The van der Waals surface area contributed by atoms with Gasteiger partial charge in [0.15, 0.2) is 5.13 Å². The Kier molecular flexibility index (Phi) is 10.4. The van der Waals surface area contributed by atoms with Crippen molar-refractivity contribution in [3.05, 3.63) is 11.1 Å². The SMILES string of the molecule is COCCCN(CCOC)c1nc(CNCCOC)cs1. The number of hydrogen-bond donors (Lipinski definition) is 1. The first-order valence-electron chi connectivity index (χ1n) is 7.18. The second-order valence-electron chi connectivity index (χ2n) is 4.62. The number of thiazole rings is 1. The van der Waals surface area contributed by atoms with Crippen LogP contribution in [0.25, 0.3) is 0 Å². The van der Waals surface area contributed by atoms with Crippen LogP contribution in [-0.2, 0) is 20.8 Å². The lowest BCUT2D eigenvalue weighted by Crippen LogP contribution is -2.29. The van der Waals surface area contributed by atoms with Gasteiger partial charge in [-0.3, -0.25) is 0 Å². The van der Waals surface area contributed by atoms with Gasteiger partial charge in [-0.15, -0.1) is 11.3 Å². The van der Waals surface area contributed by atoms with E-state index in [0.29, 0.717) is 13.2 Å². The highest BCUT2D eigenvalue weighted by atomic mass is 32.1. The number of rotatable bonds is 13. The van der Waals surface area contributed by atoms with Gasteiger partial charge in [-0.25, -0.2) is 4.98 Å². The van der Waals surface area contributed by atoms with Crippen molar-refractivity contribution in [2.45, 2.75) is 13.0 Å². The van der Waals surface area contributed by atoms with Crippen LogP contribution in [-0.4, -0.2) is 65.8 Å². The molecule has 6 nitrogen and oxygen atoms in total. The molecule has 1 heterocycles. The molecule has 0 fully saturated rings. The fourth-order valence-electron chi connectivity index (χ4n) is 1.82. The molecular formula is C14H27N3O3S. The second kappa shape index (κ2) is 11.9. The Morgan fingerprint density at radius 3 is 2.57 bits per heavy atom. The van der Waals surface area contributed by atoms with Crippen LogP contribution >= 0.6 is 11.3 Å². The minimum Gasteiger partial charge on any atom is -0.385 e. The Balaban J connectivity index is 2.46. The lowest BCUT2D eigenvalue weighted by atomic mass is 10.4. The predicted octanol–water partition coefficient (Wildman–Crippen LogP) is 1.37. The highest BCUT2D eigenvalue weighted by molar-refractivity contribution is 7.13. The summed E-state index contributed by atoms with van der Waals surface area (Å²) in [6.07, 6.45) is 0.987. The topological polar surface area (TPSA) is 55.9 Å². The summed E-state index contributed by atoms with van der Waals surface area (Å²) in [4.78, 5) is 6.94. The highest BCUT2D eigenvalue weighted by Crippen LogP contribution is 2.20. The number of aromatic nitrogens is 1. The maximum absolute atomic E-state index is 5.18. The Hall–Kier alpha value is -0.730. The van der Waals surface area contributed by atoms with Crippen molar-refractivity contribution in [1.82, 2.24) is 10.3 Å². The zero-order valence-electron chi connectivity index (χ0n) is 13.3. The van der Waals surface area contributed by atoms with Crippen molar-refractivity contribution in [3.8, 4) is 0 Å². The molecule has 0 aliphatic rings. The highest BCUT2D eigenvalue weighted by Gasteiger charge is 2.10. The molecule has 0 amide bonds. The van der Waals surface area contributed by atoms with E-state index in [2.05, 4.69) is 20.6 Å². The molecular weight excluding hydrogens is 290 g/mol. The smallest absolute Gasteiger partial charge is 0.185 e. The predicted molar refractivity (Wildman–Crippen MR) is 86.3 cm³/mol. The van der Waals surface area contributed by atoms with Crippen molar-refractivity contribution in [3.63, 3.8) is 0 Å². The number of hydrogen-bond acceptors (Lipinski definition) is 7. The van der Waals surface area contributed by atoms with Gasteiger partial charge in [0.25, 0.3) is 0 Å². The Morgan fingerprint density at radius 2 is 1.86 bits per heavy atom. The van der Waals surface area contributed by atoms with E-state index in [9.17, 15) is 0 Å². The number of anilines is 1. The molecule has 0 unspecified atom stereocenters. The van der Waals surface area contributed by atoms with Gasteiger partial charge in [0.2, 0.25) is 0 Å². The van der Waals surface area contributed by atoms with Gasteiger partial charge >= 0.3 is 0 Å². The lowest BCUT2D eigenvalue weighted by Gasteiger charge is -2.21. The number of ether oxygens (including phenoxy) is 3. The van der Waals surface area contributed by atoms with Crippen molar-refractivity contribution in [2.24, 2.45) is 0 Å². The van der Waals surface area contributed by atoms with Crippen LogP contribution in [0.1, 0.15) is 12.1 Å². The molecule has 1 aromatic heterocycles. The monoisotopic (exact) mass is 317 g/mol. The maximum atomic E-state index is 5.18. The van der Waals surface area contributed by atoms with E-state index in [1.54, 1.807) is 32.7 Å². The zero-order chi connectivity index (χ0) is 15.3. The molecule has 0 aliphatic heterocycles. The van der Waals surface area contributed by atoms with Gasteiger partial charge in [-0.05, 0) is 6.42 Å². The minimum absolute atomic E-state index is 0.702. The van der Waals surface area contributed by atoms with E-state index < -0.39 is 0 Å². The molecule has 0 aliphatic carbocycles. The van der Waals surface area contributed by atoms with Crippen LogP contribution in [0, 0.1) is 0 Å². The fraction of sp³-hybridized carbons (Fsp3) is 0.786. The standard InChI is InChI=1S/C14H27N3O3S/c1-18-8-4-6-17(7-10-20-3)14-16-13(12-21-14)11-15-5-9-19-2/h12,15H,4-11H2,1-3H3. The third-order valence-corrected chi connectivity index (χ3v) is 3.89. The molecule has 0 aromatic carbocycles. The molecule has 0 bridgehead atoms. The van der Waals surface area contributed by atoms with E-state index in [-0.39, 0.29) is 0 Å². The first-order chi connectivity index (χ1) is 10.3. The average Bonchev–Trinajstić information content (AvgIpc) is 2.96. The molecule has 21 heavy (non-hydrogen) atoms. The van der Waals surface area contributed by atoms with Gasteiger partial charge in [0, 0.05) is 59.5 Å².